The van der Waals surface area contributed by atoms with Crippen LogP contribution in [-0.2, 0) is 17.8 Å². The minimum atomic E-state index is -0.629. The predicted octanol–water partition coefficient (Wildman–Crippen LogP) is 2.20. The van der Waals surface area contributed by atoms with Gasteiger partial charge in [-0.3, -0.25) is 19.7 Å². The molecule has 7 rings (SSSR count). The summed E-state index contributed by atoms with van der Waals surface area (Å²) in [5.74, 6) is -0.255. The van der Waals surface area contributed by atoms with Crippen molar-refractivity contribution in [3.63, 3.8) is 0 Å². The summed E-state index contributed by atoms with van der Waals surface area (Å²) >= 11 is 0. The maximum atomic E-state index is 13.7. The second-order valence-electron chi connectivity index (χ2n) is 11.0. The van der Waals surface area contributed by atoms with Crippen LogP contribution in [0.5, 0.6) is 5.75 Å². The van der Waals surface area contributed by atoms with Crippen LogP contribution >= 0.6 is 0 Å². The lowest BCUT2D eigenvalue weighted by Crippen LogP contribution is -2.51. The number of anilines is 1. The number of nitrogens with zero attached hydrogens (tertiary/aromatic N) is 9. The van der Waals surface area contributed by atoms with Crippen molar-refractivity contribution in [1.29, 1.82) is 0 Å². The van der Waals surface area contributed by atoms with Crippen molar-refractivity contribution < 1.29 is 14.3 Å². The maximum absolute atomic E-state index is 13.7. The van der Waals surface area contributed by atoms with Crippen LogP contribution in [0.1, 0.15) is 21.6 Å². The molecule has 15 nitrogen and oxygen atoms in total. The molecule has 0 spiro atoms. The van der Waals surface area contributed by atoms with Gasteiger partial charge in [-0.05, 0) is 59.3 Å². The van der Waals surface area contributed by atoms with Crippen LogP contribution in [0.3, 0.4) is 0 Å². The van der Waals surface area contributed by atoms with E-state index in [1.165, 1.54) is 18.9 Å². The highest BCUT2D eigenvalue weighted by molar-refractivity contribution is 6.45. The summed E-state index contributed by atoms with van der Waals surface area (Å²) in [7, 11) is 1.51. The first-order valence-corrected chi connectivity index (χ1v) is 15.2. The molecular formula is C32H32N12O3. The Labute approximate surface area is 269 Å². The number of tetrazole rings is 1. The van der Waals surface area contributed by atoms with Crippen molar-refractivity contribution in [2.24, 2.45) is 0 Å². The average molecular weight is 633 g/mol. The number of aromatic amines is 2. The van der Waals surface area contributed by atoms with Gasteiger partial charge in [0.25, 0.3) is 11.7 Å². The van der Waals surface area contributed by atoms with Gasteiger partial charge in [0, 0.05) is 57.0 Å². The summed E-state index contributed by atoms with van der Waals surface area (Å²) < 4.78 is 7.24. The van der Waals surface area contributed by atoms with Crippen LogP contribution in [0.25, 0.3) is 28.0 Å². The third kappa shape index (κ3) is 6.03. The van der Waals surface area contributed by atoms with Crippen molar-refractivity contribution in [3.05, 3.63) is 90.1 Å². The van der Waals surface area contributed by atoms with Gasteiger partial charge in [0.1, 0.15) is 17.1 Å². The van der Waals surface area contributed by atoms with Gasteiger partial charge in [0.2, 0.25) is 5.95 Å². The number of Topliss-reactive ketones (excluding diaryl/α,β-unsaturated/α-hetero) is 1. The lowest BCUT2D eigenvalue weighted by molar-refractivity contribution is -0.126. The van der Waals surface area contributed by atoms with Crippen LogP contribution in [0.2, 0.25) is 0 Å². The van der Waals surface area contributed by atoms with Gasteiger partial charge >= 0.3 is 0 Å². The van der Waals surface area contributed by atoms with Gasteiger partial charge in [-0.15, -0.1) is 0 Å². The van der Waals surface area contributed by atoms with E-state index in [-0.39, 0.29) is 5.56 Å². The van der Waals surface area contributed by atoms with Crippen molar-refractivity contribution in [3.8, 4) is 22.8 Å². The summed E-state index contributed by atoms with van der Waals surface area (Å²) in [6.07, 6.45) is 7.54. The van der Waals surface area contributed by atoms with Crippen molar-refractivity contribution in [2.45, 2.75) is 13.0 Å². The van der Waals surface area contributed by atoms with Crippen molar-refractivity contribution in [2.75, 3.05) is 44.7 Å². The molecule has 238 valence electrons. The molecule has 0 aliphatic carbocycles. The second kappa shape index (κ2) is 13.2. The molecule has 1 aromatic carbocycles. The number of nitrogens with one attached hydrogen (secondary N) is 3. The Balaban J connectivity index is 1.04. The molecule has 5 aromatic heterocycles. The van der Waals surface area contributed by atoms with E-state index < -0.39 is 11.7 Å². The van der Waals surface area contributed by atoms with Crippen LogP contribution in [0, 0.1) is 0 Å². The van der Waals surface area contributed by atoms with Gasteiger partial charge in [0.05, 0.1) is 35.5 Å². The molecule has 6 heterocycles. The zero-order chi connectivity index (χ0) is 32.2. The molecule has 6 aromatic rings. The van der Waals surface area contributed by atoms with Gasteiger partial charge < -0.3 is 24.8 Å². The lowest BCUT2D eigenvalue weighted by Gasteiger charge is -2.34. The number of rotatable bonds is 11. The summed E-state index contributed by atoms with van der Waals surface area (Å²) in [6, 6.07) is 15.5. The molecule has 1 fully saturated rings. The fourth-order valence-corrected chi connectivity index (χ4v) is 5.71. The fraction of sp³-hybridized carbons (Fsp3) is 0.250. The topological polar surface area (TPSA) is 176 Å². The van der Waals surface area contributed by atoms with E-state index in [4.69, 9.17) is 4.74 Å². The first kappa shape index (κ1) is 29.7. The number of fused-ring (bicyclic) bond motifs is 1. The number of H-pyrrole nitrogens is 2. The Hall–Kier alpha value is -5.96. The molecule has 0 radical (unpaired) electrons. The number of methoxy groups -OCH3 is 1. The van der Waals surface area contributed by atoms with Crippen molar-refractivity contribution in [1.82, 2.24) is 55.6 Å². The summed E-state index contributed by atoms with van der Waals surface area (Å²) in [4.78, 5) is 42.5. The number of benzene rings is 1. The molecule has 0 bridgehead atoms. The first-order valence-electron chi connectivity index (χ1n) is 15.2. The number of ether oxygens (including phenoxy) is 1. The largest absolute Gasteiger partial charge is 0.494 e. The van der Waals surface area contributed by atoms with E-state index in [0.717, 1.165) is 24.3 Å². The number of hydrogen-bond acceptors (Lipinski definition) is 11. The normalized spacial score (nSPS) is 13.3. The molecule has 47 heavy (non-hydrogen) atoms. The second-order valence-corrected chi connectivity index (χ2v) is 11.0. The zero-order valence-corrected chi connectivity index (χ0v) is 25.6. The molecule has 1 aliphatic rings. The molecule has 15 heteroatoms. The van der Waals surface area contributed by atoms with E-state index in [1.54, 1.807) is 28.2 Å². The van der Waals surface area contributed by atoms with Gasteiger partial charge in [-0.25, -0.2) is 4.98 Å². The molecular weight excluding hydrogens is 600 g/mol. The number of hydrogen-bond donors (Lipinski definition) is 3. The van der Waals surface area contributed by atoms with E-state index in [9.17, 15) is 9.59 Å². The highest BCUT2D eigenvalue weighted by Gasteiger charge is 2.31. The highest BCUT2D eigenvalue weighted by Crippen LogP contribution is 2.34. The minimum Gasteiger partial charge on any atom is -0.494 e. The van der Waals surface area contributed by atoms with Gasteiger partial charge in [-0.2, -0.15) is 9.78 Å². The fourth-order valence-electron chi connectivity index (χ4n) is 5.71. The lowest BCUT2D eigenvalue weighted by atomic mass is 10.1. The van der Waals surface area contributed by atoms with Gasteiger partial charge in [-0.1, -0.05) is 23.3 Å². The molecule has 0 atom stereocenters. The highest BCUT2D eigenvalue weighted by atomic mass is 16.5. The molecule has 1 aliphatic heterocycles. The Morgan fingerprint density at radius 3 is 2.64 bits per heavy atom. The summed E-state index contributed by atoms with van der Waals surface area (Å²) in [6.45, 7) is 3.00. The van der Waals surface area contributed by atoms with E-state index in [2.05, 4.69) is 46.0 Å². The average Bonchev–Trinajstić information content (AvgIpc) is 3.91. The molecule has 0 unspecified atom stereocenters. The van der Waals surface area contributed by atoms with E-state index in [1.807, 2.05) is 53.4 Å². The molecule has 0 saturated carbocycles. The quantitative estimate of drug-likeness (QED) is 0.108. The number of aromatic nitrogens is 9. The number of ketones is 1. The monoisotopic (exact) mass is 632 g/mol. The predicted molar refractivity (Wildman–Crippen MR) is 172 cm³/mol. The number of amides is 1. The number of piperazine rings is 1. The SMILES string of the molecule is COc1cnc(-c2cc(CNCCc3ccncc3)[nH]n2)c2[nH]cc(C(=O)C(=O)N3CCN(c4nnnn4-c4ccccc4)CC3)c12. The molecule has 1 amide bonds. The molecule has 3 N–H and O–H groups in total. The standard InChI is InChI=1S/C32H32N12O3/c1-47-26-20-36-28(25-17-22(37-38-25)18-34-12-9-21-7-10-33-11-8-21)29-27(26)24(19-35-29)30(45)31(46)42-13-15-43(16-14-42)32-39-40-41-44(32)23-5-3-2-4-6-23/h2-8,10-11,17,19-20,34-35H,9,12-16,18H2,1H3,(H,37,38). The van der Waals surface area contributed by atoms with Crippen LogP contribution < -0.4 is 15.0 Å². The number of pyridine rings is 2. The Bertz CT molecular complexity index is 2000. The Kier molecular flexibility index (Phi) is 8.34. The third-order valence-corrected chi connectivity index (χ3v) is 8.17. The zero-order valence-electron chi connectivity index (χ0n) is 25.6. The first-order chi connectivity index (χ1) is 23.1. The number of para-hydroxylation sites is 1. The van der Waals surface area contributed by atoms with Gasteiger partial charge in [0.15, 0.2) is 0 Å². The summed E-state index contributed by atoms with van der Waals surface area (Å²) in [5, 5.41) is 23.6. The van der Waals surface area contributed by atoms with Crippen LogP contribution in [-0.4, -0.2) is 102 Å². The minimum absolute atomic E-state index is 0.217. The smallest absolute Gasteiger partial charge is 0.295 e. The van der Waals surface area contributed by atoms with Crippen molar-refractivity contribution >= 4 is 28.5 Å². The maximum Gasteiger partial charge on any atom is 0.295 e. The Morgan fingerprint density at radius 1 is 1.04 bits per heavy atom. The van der Waals surface area contributed by atoms with Crippen LogP contribution in [0.4, 0.5) is 5.95 Å². The van der Waals surface area contributed by atoms with Crippen LogP contribution in [0.15, 0.2) is 73.3 Å². The Morgan fingerprint density at radius 2 is 1.85 bits per heavy atom. The van der Waals surface area contributed by atoms with E-state index >= 15 is 0 Å². The number of carbonyl (C=O) groups is 2. The molecule has 1 saturated heterocycles. The third-order valence-electron chi connectivity index (χ3n) is 8.17. The number of carbonyl (C=O) groups excluding carboxylic acids is 2. The summed E-state index contributed by atoms with van der Waals surface area (Å²) in [5.41, 5.74) is 4.85. The van der Waals surface area contributed by atoms with E-state index in [0.29, 0.717) is 66.7 Å².